The van der Waals surface area contributed by atoms with Crippen LogP contribution >= 0.6 is 0 Å². The first-order valence-corrected chi connectivity index (χ1v) is 8.17. The first kappa shape index (κ1) is 16.7. The highest BCUT2D eigenvalue weighted by atomic mass is 32.2. The first-order chi connectivity index (χ1) is 9.31. The number of carbonyl (C=O) groups excluding carboxylic acids is 1. The Balaban J connectivity index is 2.86. The molecule has 6 heteroatoms. The number of aryl methyl sites for hydroxylation is 1. The maximum atomic E-state index is 12.1. The van der Waals surface area contributed by atoms with E-state index >= 15 is 0 Å². The van der Waals surface area contributed by atoms with Crippen LogP contribution in [0, 0.1) is 6.92 Å². The minimum Gasteiger partial charge on any atom is -0.293 e. The van der Waals surface area contributed by atoms with Gasteiger partial charge in [-0.05, 0) is 39.1 Å². The summed E-state index contributed by atoms with van der Waals surface area (Å²) in [6.45, 7) is 8.82. The third-order valence-corrected chi connectivity index (χ3v) is 4.67. The van der Waals surface area contributed by atoms with Crippen molar-refractivity contribution < 1.29 is 13.2 Å². The zero-order valence-electron chi connectivity index (χ0n) is 12.4. The summed E-state index contributed by atoms with van der Waals surface area (Å²) in [6.07, 6.45) is 0. The van der Waals surface area contributed by atoms with Gasteiger partial charge in [0.05, 0.1) is 10.9 Å². The number of nitrogens with one attached hydrogen (secondary N) is 1. The molecule has 112 valence electrons. The smallest absolute Gasteiger partial charge is 0.264 e. The van der Waals surface area contributed by atoms with Gasteiger partial charge >= 0.3 is 0 Å². The highest BCUT2D eigenvalue weighted by Gasteiger charge is 2.24. The van der Waals surface area contributed by atoms with Crippen LogP contribution in [0.1, 0.15) is 26.3 Å². The van der Waals surface area contributed by atoms with Crippen LogP contribution in [0.2, 0.25) is 0 Å². The molecule has 1 unspecified atom stereocenters. The van der Waals surface area contributed by atoms with E-state index in [4.69, 9.17) is 0 Å². The molecule has 1 amide bonds. The molecule has 1 N–H and O–H groups in total. The molecule has 1 aromatic carbocycles. The van der Waals surface area contributed by atoms with Crippen LogP contribution < -0.4 is 4.72 Å². The molecule has 0 fully saturated rings. The van der Waals surface area contributed by atoms with Gasteiger partial charge in [-0.3, -0.25) is 9.69 Å². The standard InChI is InChI=1S/C14H22N2O3S/c1-5-16(6-2)12(4)14(17)15-20(18,19)13-9-7-11(3)8-10-13/h7-10,12H,5-6H2,1-4H3,(H,15,17). The zero-order chi connectivity index (χ0) is 15.3. The third kappa shape index (κ3) is 4.05. The first-order valence-electron chi connectivity index (χ1n) is 6.69. The lowest BCUT2D eigenvalue weighted by molar-refractivity contribution is -0.123. The molecular formula is C14H22N2O3S. The molecule has 0 radical (unpaired) electrons. The maximum Gasteiger partial charge on any atom is 0.264 e. The predicted octanol–water partition coefficient (Wildman–Crippen LogP) is 1.53. The maximum absolute atomic E-state index is 12.1. The normalized spacial score (nSPS) is 13.2. The Hall–Kier alpha value is -1.40. The van der Waals surface area contributed by atoms with Crippen molar-refractivity contribution >= 4 is 15.9 Å². The van der Waals surface area contributed by atoms with E-state index in [0.717, 1.165) is 5.56 Å². The van der Waals surface area contributed by atoms with Gasteiger partial charge in [0.25, 0.3) is 15.9 Å². The fourth-order valence-corrected chi connectivity index (χ4v) is 2.98. The Labute approximate surface area is 121 Å². The fraction of sp³-hybridized carbons (Fsp3) is 0.500. The predicted molar refractivity (Wildman–Crippen MR) is 78.9 cm³/mol. The molecule has 0 aliphatic heterocycles. The lowest BCUT2D eigenvalue weighted by Crippen LogP contribution is -2.46. The minimum absolute atomic E-state index is 0.100. The van der Waals surface area contributed by atoms with E-state index in [1.165, 1.54) is 12.1 Å². The largest absolute Gasteiger partial charge is 0.293 e. The average Bonchev–Trinajstić information content (AvgIpc) is 2.40. The van der Waals surface area contributed by atoms with Gasteiger partial charge in [0.15, 0.2) is 0 Å². The van der Waals surface area contributed by atoms with E-state index in [2.05, 4.69) is 4.72 Å². The second kappa shape index (κ2) is 6.85. The van der Waals surface area contributed by atoms with Gasteiger partial charge in [-0.1, -0.05) is 31.5 Å². The zero-order valence-corrected chi connectivity index (χ0v) is 13.2. The SMILES string of the molecule is CCN(CC)C(C)C(=O)NS(=O)(=O)c1ccc(C)cc1. The highest BCUT2D eigenvalue weighted by Crippen LogP contribution is 2.10. The van der Waals surface area contributed by atoms with Crippen molar-refractivity contribution in [2.45, 2.75) is 38.6 Å². The molecule has 0 spiro atoms. The van der Waals surface area contributed by atoms with Gasteiger partial charge in [-0.2, -0.15) is 0 Å². The van der Waals surface area contributed by atoms with E-state index in [0.29, 0.717) is 13.1 Å². The monoisotopic (exact) mass is 298 g/mol. The van der Waals surface area contributed by atoms with E-state index < -0.39 is 22.0 Å². The van der Waals surface area contributed by atoms with Gasteiger partial charge in [0, 0.05) is 0 Å². The summed E-state index contributed by atoms with van der Waals surface area (Å²) in [7, 11) is -3.80. The van der Waals surface area contributed by atoms with Crippen molar-refractivity contribution in [1.29, 1.82) is 0 Å². The summed E-state index contributed by atoms with van der Waals surface area (Å²) in [5.41, 5.74) is 0.965. The van der Waals surface area contributed by atoms with Crippen molar-refractivity contribution in [1.82, 2.24) is 9.62 Å². The van der Waals surface area contributed by atoms with Crippen LogP contribution in [-0.2, 0) is 14.8 Å². The van der Waals surface area contributed by atoms with Crippen LogP contribution in [0.25, 0.3) is 0 Å². The summed E-state index contributed by atoms with van der Waals surface area (Å²) in [4.78, 5) is 14.0. The van der Waals surface area contributed by atoms with Gasteiger partial charge in [-0.15, -0.1) is 0 Å². The molecule has 0 aliphatic carbocycles. The number of nitrogens with zero attached hydrogens (tertiary/aromatic N) is 1. The number of hydrogen-bond donors (Lipinski definition) is 1. The Kier molecular flexibility index (Phi) is 5.71. The number of amides is 1. The molecule has 0 bridgehead atoms. The molecular weight excluding hydrogens is 276 g/mol. The Morgan fingerprint density at radius 3 is 2.15 bits per heavy atom. The second-order valence-electron chi connectivity index (χ2n) is 4.68. The van der Waals surface area contributed by atoms with Crippen molar-refractivity contribution in [3.63, 3.8) is 0 Å². The number of hydrogen-bond acceptors (Lipinski definition) is 4. The van der Waals surface area contributed by atoms with Crippen LogP contribution in [0.5, 0.6) is 0 Å². The summed E-state index contributed by atoms with van der Waals surface area (Å²) >= 11 is 0. The summed E-state index contributed by atoms with van der Waals surface area (Å²) in [5.74, 6) is -0.505. The van der Waals surface area contributed by atoms with Crippen LogP contribution in [0.15, 0.2) is 29.2 Å². The van der Waals surface area contributed by atoms with Crippen LogP contribution in [-0.4, -0.2) is 38.4 Å². The van der Waals surface area contributed by atoms with Crippen molar-refractivity contribution in [3.05, 3.63) is 29.8 Å². The quantitative estimate of drug-likeness (QED) is 0.865. The fourth-order valence-electron chi connectivity index (χ4n) is 1.93. The van der Waals surface area contributed by atoms with Gasteiger partial charge in [-0.25, -0.2) is 13.1 Å². The van der Waals surface area contributed by atoms with E-state index in [-0.39, 0.29) is 4.90 Å². The van der Waals surface area contributed by atoms with Gasteiger partial charge in [0.1, 0.15) is 0 Å². The molecule has 20 heavy (non-hydrogen) atoms. The Morgan fingerprint density at radius 1 is 1.20 bits per heavy atom. The average molecular weight is 298 g/mol. The van der Waals surface area contributed by atoms with Crippen molar-refractivity contribution in [2.24, 2.45) is 0 Å². The van der Waals surface area contributed by atoms with Crippen molar-refractivity contribution in [3.8, 4) is 0 Å². The number of likely N-dealkylation sites (N-methyl/N-ethyl adjacent to an activating group) is 1. The molecule has 0 aromatic heterocycles. The second-order valence-corrected chi connectivity index (χ2v) is 6.36. The summed E-state index contributed by atoms with van der Waals surface area (Å²) < 4.78 is 26.3. The molecule has 1 rings (SSSR count). The lowest BCUT2D eigenvalue weighted by atomic mass is 10.2. The van der Waals surface area contributed by atoms with Crippen molar-refractivity contribution in [2.75, 3.05) is 13.1 Å². The number of sulfonamides is 1. The molecule has 0 saturated carbocycles. The summed E-state index contributed by atoms with van der Waals surface area (Å²) in [6, 6.07) is 5.91. The topological polar surface area (TPSA) is 66.5 Å². The lowest BCUT2D eigenvalue weighted by Gasteiger charge is -2.25. The highest BCUT2D eigenvalue weighted by molar-refractivity contribution is 7.90. The number of rotatable bonds is 6. The molecule has 1 aromatic rings. The van der Waals surface area contributed by atoms with E-state index in [1.807, 2.05) is 25.7 Å². The molecule has 0 saturated heterocycles. The van der Waals surface area contributed by atoms with E-state index in [9.17, 15) is 13.2 Å². The Morgan fingerprint density at radius 2 is 1.70 bits per heavy atom. The number of carbonyl (C=O) groups is 1. The number of benzene rings is 1. The van der Waals surface area contributed by atoms with Crippen LogP contribution in [0.3, 0.4) is 0 Å². The van der Waals surface area contributed by atoms with Gasteiger partial charge in [0.2, 0.25) is 0 Å². The molecule has 1 atom stereocenters. The molecule has 0 aliphatic rings. The van der Waals surface area contributed by atoms with Gasteiger partial charge < -0.3 is 0 Å². The molecule has 0 heterocycles. The van der Waals surface area contributed by atoms with Crippen LogP contribution in [0.4, 0.5) is 0 Å². The minimum atomic E-state index is -3.80. The van der Waals surface area contributed by atoms with E-state index in [1.54, 1.807) is 19.1 Å². The summed E-state index contributed by atoms with van der Waals surface area (Å²) in [5, 5.41) is 0. The Bertz CT molecular complexity index is 548. The third-order valence-electron chi connectivity index (χ3n) is 3.31. The molecule has 5 nitrogen and oxygen atoms in total.